The van der Waals surface area contributed by atoms with Crippen molar-refractivity contribution in [3.63, 3.8) is 0 Å². The minimum absolute atomic E-state index is 0.123. The van der Waals surface area contributed by atoms with Crippen molar-refractivity contribution in [2.24, 2.45) is 0 Å². The molecule has 2 heterocycles. The van der Waals surface area contributed by atoms with E-state index in [-0.39, 0.29) is 5.91 Å². The van der Waals surface area contributed by atoms with E-state index in [0.29, 0.717) is 30.3 Å². The minimum atomic E-state index is -0.123. The summed E-state index contributed by atoms with van der Waals surface area (Å²) in [5, 5.41) is 17.3. The summed E-state index contributed by atoms with van der Waals surface area (Å²) >= 11 is 3.37. The molecule has 0 atom stereocenters. The molecule has 0 saturated heterocycles. The van der Waals surface area contributed by atoms with Gasteiger partial charge in [-0.05, 0) is 52.3 Å². The maximum atomic E-state index is 12.1. The third kappa shape index (κ3) is 5.00. The van der Waals surface area contributed by atoms with Gasteiger partial charge in [0.25, 0.3) is 5.91 Å². The van der Waals surface area contributed by atoms with E-state index < -0.39 is 0 Å². The Kier molecular flexibility index (Phi) is 6.10. The van der Waals surface area contributed by atoms with Crippen LogP contribution in [0.3, 0.4) is 0 Å². The van der Waals surface area contributed by atoms with E-state index in [9.17, 15) is 4.79 Å². The summed E-state index contributed by atoms with van der Waals surface area (Å²) in [5.74, 6) is 1.16. The maximum Gasteiger partial charge on any atom is 0.252 e. The van der Waals surface area contributed by atoms with Gasteiger partial charge in [0.05, 0.1) is 5.56 Å². The topological polar surface area (TPSA) is 91.8 Å². The van der Waals surface area contributed by atoms with Crippen molar-refractivity contribution in [1.29, 1.82) is 0 Å². The van der Waals surface area contributed by atoms with Crippen LogP contribution in [0.25, 0.3) is 0 Å². The Morgan fingerprint density at radius 3 is 2.38 bits per heavy atom. The summed E-state index contributed by atoms with van der Waals surface area (Å²) in [7, 11) is 0. The summed E-state index contributed by atoms with van der Waals surface area (Å²) in [6.45, 7) is 1.01. The molecule has 0 aliphatic heterocycles. The Balaban J connectivity index is 1.44. The number of nitrogens with zero attached hydrogens (tertiary/aromatic N) is 3. The number of halogens is 1. The van der Waals surface area contributed by atoms with Crippen molar-refractivity contribution in [2.45, 2.75) is 0 Å². The quantitative estimate of drug-likeness (QED) is 0.516. The van der Waals surface area contributed by atoms with Crippen molar-refractivity contribution < 1.29 is 4.79 Å². The van der Waals surface area contributed by atoms with E-state index in [1.807, 2.05) is 42.5 Å². The number of hydrogen-bond donors (Lipinski definition) is 3. The third-order valence-corrected chi connectivity index (χ3v) is 4.14. The van der Waals surface area contributed by atoms with Crippen molar-refractivity contribution >= 4 is 39.2 Å². The highest BCUT2D eigenvalue weighted by Crippen LogP contribution is 2.15. The van der Waals surface area contributed by atoms with Crippen LogP contribution in [0.4, 0.5) is 17.3 Å². The fourth-order valence-corrected chi connectivity index (χ4v) is 2.65. The SMILES string of the molecule is O=C(NCCNc1ccc(Nc2ccncc2)nn1)c1ccccc1Br. The largest absolute Gasteiger partial charge is 0.367 e. The van der Waals surface area contributed by atoms with Crippen LogP contribution in [0, 0.1) is 0 Å². The number of hydrogen-bond acceptors (Lipinski definition) is 6. The number of nitrogens with one attached hydrogen (secondary N) is 3. The van der Waals surface area contributed by atoms with E-state index in [1.165, 1.54) is 0 Å². The molecule has 0 aliphatic rings. The highest BCUT2D eigenvalue weighted by Gasteiger charge is 2.07. The van der Waals surface area contributed by atoms with Crippen LogP contribution in [0.5, 0.6) is 0 Å². The molecule has 0 aliphatic carbocycles. The number of benzene rings is 1. The van der Waals surface area contributed by atoms with Gasteiger partial charge in [-0.3, -0.25) is 9.78 Å². The van der Waals surface area contributed by atoms with Gasteiger partial charge in [0.1, 0.15) is 5.82 Å². The summed E-state index contributed by atoms with van der Waals surface area (Å²) in [6, 6.07) is 14.7. The second kappa shape index (κ2) is 8.91. The second-order valence-corrected chi connectivity index (χ2v) is 6.18. The van der Waals surface area contributed by atoms with Crippen LogP contribution in [0.1, 0.15) is 10.4 Å². The number of carbonyl (C=O) groups excluding carboxylic acids is 1. The number of amides is 1. The third-order valence-electron chi connectivity index (χ3n) is 3.45. The van der Waals surface area contributed by atoms with Crippen LogP contribution < -0.4 is 16.0 Å². The number of aromatic nitrogens is 3. The molecule has 1 aromatic carbocycles. The zero-order valence-electron chi connectivity index (χ0n) is 13.8. The lowest BCUT2D eigenvalue weighted by atomic mass is 10.2. The number of carbonyl (C=O) groups is 1. The van der Waals surface area contributed by atoms with Crippen LogP contribution in [-0.2, 0) is 0 Å². The molecule has 1 amide bonds. The second-order valence-electron chi connectivity index (χ2n) is 5.33. The molecular weight excluding hydrogens is 396 g/mol. The van der Waals surface area contributed by atoms with Gasteiger partial charge in [-0.1, -0.05) is 12.1 Å². The molecule has 0 bridgehead atoms. The molecule has 0 fully saturated rings. The van der Waals surface area contributed by atoms with Crippen LogP contribution in [-0.4, -0.2) is 34.2 Å². The minimum Gasteiger partial charge on any atom is -0.367 e. The Bertz CT molecular complexity index is 857. The van der Waals surface area contributed by atoms with Gasteiger partial charge < -0.3 is 16.0 Å². The van der Waals surface area contributed by atoms with Gasteiger partial charge in [0.15, 0.2) is 5.82 Å². The normalized spacial score (nSPS) is 10.2. The Morgan fingerprint density at radius 1 is 0.923 bits per heavy atom. The van der Waals surface area contributed by atoms with Crippen molar-refractivity contribution in [3.05, 3.63) is 71.0 Å². The fourth-order valence-electron chi connectivity index (χ4n) is 2.18. The monoisotopic (exact) mass is 412 g/mol. The van der Waals surface area contributed by atoms with Gasteiger partial charge in [0, 0.05) is 35.6 Å². The van der Waals surface area contributed by atoms with E-state index in [2.05, 4.69) is 47.1 Å². The molecule has 7 nitrogen and oxygen atoms in total. The van der Waals surface area contributed by atoms with E-state index >= 15 is 0 Å². The number of pyridine rings is 1. The molecule has 0 spiro atoms. The lowest BCUT2D eigenvalue weighted by Crippen LogP contribution is -2.29. The van der Waals surface area contributed by atoms with Gasteiger partial charge in [-0.2, -0.15) is 0 Å². The average molecular weight is 413 g/mol. The molecule has 3 aromatic rings. The first-order valence-electron chi connectivity index (χ1n) is 8.00. The zero-order chi connectivity index (χ0) is 18.2. The van der Waals surface area contributed by atoms with Crippen LogP contribution >= 0.6 is 15.9 Å². The zero-order valence-corrected chi connectivity index (χ0v) is 15.4. The van der Waals surface area contributed by atoms with E-state index in [4.69, 9.17) is 0 Å². The van der Waals surface area contributed by atoms with Crippen molar-refractivity contribution in [2.75, 3.05) is 23.7 Å². The van der Waals surface area contributed by atoms with Gasteiger partial charge in [-0.15, -0.1) is 10.2 Å². The van der Waals surface area contributed by atoms with Gasteiger partial charge in [0.2, 0.25) is 0 Å². The molecule has 0 unspecified atom stereocenters. The Labute approximate surface area is 159 Å². The Morgan fingerprint density at radius 2 is 1.65 bits per heavy atom. The first-order valence-corrected chi connectivity index (χ1v) is 8.79. The molecule has 8 heteroatoms. The van der Waals surface area contributed by atoms with Crippen LogP contribution in [0.2, 0.25) is 0 Å². The summed E-state index contributed by atoms with van der Waals surface area (Å²) in [5.41, 5.74) is 1.50. The molecule has 26 heavy (non-hydrogen) atoms. The molecule has 3 N–H and O–H groups in total. The first kappa shape index (κ1) is 17.8. The van der Waals surface area contributed by atoms with Crippen molar-refractivity contribution in [3.8, 4) is 0 Å². The molecule has 2 aromatic heterocycles. The Hall–Kier alpha value is -3.00. The molecule has 0 saturated carbocycles. The highest BCUT2D eigenvalue weighted by molar-refractivity contribution is 9.10. The van der Waals surface area contributed by atoms with Crippen molar-refractivity contribution in [1.82, 2.24) is 20.5 Å². The maximum absolute atomic E-state index is 12.1. The fraction of sp³-hybridized carbons (Fsp3) is 0.111. The highest BCUT2D eigenvalue weighted by atomic mass is 79.9. The number of rotatable bonds is 7. The summed E-state index contributed by atoms with van der Waals surface area (Å²) < 4.78 is 0.772. The lowest BCUT2D eigenvalue weighted by molar-refractivity contribution is 0.0954. The lowest BCUT2D eigenvalue weighted by Gasteiger charge is -2.09. The summed E-state index contributed by atoms with van der Waals surface area (Å²) in [6.07, 6.45) is 3.40. The smallest absolute Gasteiger partial charge is 0.252 e. The molecule has 132 valence electrons. The average Bonchev–Trinajstić information content (AvgIpc) is 2.67. The van der Waals surface area contributed by atoms with Crippen LogP contribution in [0.15, 0.2) is 65.4 Å². The molecule has 3 rings (SSSR count). The molecule has 0 radical (unpaired) electrons. The predicted molar refractivity (Wildman–Crippen MR) is 105 cm³/mol. The first-order chi connectivity index (χ1) is 12.7. The van der Waals surface area contributed by atoms with E-state index in [0.717, 1.165) is 10.2 Å². The summed E-state index contributed by atoms with van der Waals surface area (Å²) in [4.78, 5) is 16.0. The molecular formula is C18H17BrN6O. The standard InChI is InChI=1S/C18H17BrN6O/c19-15-4-2-1-3-14(15)18(26)22-12-11-21-16-5-6-17(25-24-16)23-13-7-9-20-10-8-13/h1-10H,11-12H2,(H,21,24)(H,22,26)(H,20,23,25). The number of anilines is 3. The van der Waals surface area contributed by atoms with Gasteiger partial charge >= 0.3 is 0 Å². The van der Waals surface area contributed by atoms with Gasteiger partial charge in [-0.25, -0.2) is 0 Å². The predicted octanol–water partition coefficient (Wildman–Crippen LogP) is 3.22. The van der Waals surface area contributed by atoms with E-state index in [1.54, 1.807) is 18.5 Å².